The molecule has 106 valence electrons. The predicted molar refractivity (Wildman–Crippen MR) is 85.6 cm³/mol. The van der Waals surface area contributed by atoms with Crippen LogP contribution in [0.1, 0.15) is 31.0 Å². The van der Waals surface area contributed by atoms with Crippen molar-refractivity contribution in [3.8, 4) is 0 Å². The lowest BCUT2D eigenvalue weighted by Crippen LogP contribution is -2.18. The number of anilines is 2. The molecule has 0 aliphatic rings. The van der Waals surface area contributed by atoms with Gasteiger partial charge in [0.05, 0.1) is 0 Å². The zero-order valence-electron chi connectivity index (χ0n) is 12.7. The molecular formula is C17H23N3. The second-order valence-corrected chi connectivity index (χ2v) is 5.04. The highest BCUT2D eigenvalue weighted by Gasteiger charge is 2.10. The van der Waals surface area contributed by atoms with E-state index in [4.69, 9.17) is 0 Å². The van der Waals surface area contributed by atoms with E-state index in [1.165, 1.54) is 16.8 Å². The molecule has 3 nitrogen and oxygen atoms in total. The molecule has 2 aromatic rings. The molecule has 3 heteroatoms. The summed E-state index contributed by atoms with van der Waals surface area (Å²) in [5.41, 5.74) is 3.66. The molecule has 1 N–H and O–H groups in total. The third-order valence-electron chi connectivity index (χ3n) is 3.61. The molecule has 1 heterocycles. The number of rotatable bonds is 5. The molecular weight excluding hydrogens is 246 g/mol. The van der Waals surface area contributed by atoms with Crippen molar-refractivity contribution in [3.63, 3.8) is 0 Å². The topological polar surface area (TPSA) is 28.2 Å². The van der Waals surface area contributed by atoms with Crippen LogP contribution >= 0.6 is 0 Å². The summed E-state index contributed by atoms with van der Waals surface area (Å²) in [6.45, 7) is 7.29. The van der Waals surface area contributed by atoms with Crippen molar-refractivity contribution >= 4 is 11.5 Å². The second kappa shape index (κ2) is 6.53. The zero-order valence-corrected chi connectivity index (χ0v) is 12.7. The van der Waals surface area contributed by atoms with E-state index >= 15 is 0 Å². The van der Waals surface area contributed by atoms with Crippen molar-refractivity contribution in [1.29, 1.82) is 0 Å². The Labute approximate surface area is 121 Å². The lowest BCUT2D eigenvalue weighted by molar-refractivity contribution is 0.649. The minimum absolute atomic E-state index is 0.325. The maximum absolute atomic E-state index is 4.61. The SMILES string of the molecule is CCN(c1cccc(C)c1)c1ccc(C(C)NC)cn1. The fraction of sp³-hybridized carbons (Fsp3) is 0.353. The molecule has 0 fully saturated rings. The normalized spacial score (nSPS) is 12.2. The first-order chi connectivity index (χ1) is 9.65. The first-order valence-electron chi connectivity index (χ1n) is 7.13. The van der Waals surface area contributed by atoms with Crippen LogP contribution in [-0.2, 0) is 0 Å². The van der Waals surface area contributed by atoms with Gasteiger partial charge in [0, 0.05) is 24.5 Å². The summed E-state index contributed by atoms with van der Waals surface area (Å²) in [7, 11) is 1.96. The molecule has 1 unspecified atom stereocenters. The summed E-state index contributed by atoms with van der Waals surface area (Å²) < 4.78 is 0. The maximum Gasteiger partial charge on any atom is 0.132 e. The average molecular weight is 269 g/mol. The van der Waals surface area contributed by atoms with Crippen LogP contribution in [0.4, 0.5) is 11.5 Å². The average Bonchev–Trinajstić information content (AvgIpc) is 2.48. The minimum atomic E-state index is 0.325. The summed E-state index contributed by atoms with van der Waals surface area (Å²) in [5.74, 6) is 0.991. The minimum Gasteiger partial charge on any atom is -0.327 e. The van der Waals surface area contributed by atoms with Crippen molar-refractivity contribution in [1.82, 2.24) is 10.3 Å². The number of aryl methyl sites for hydroxylation is 1. The number of benzene rings is 1. The Morgan fingerprint density at radius 1 is 1.25 bits per heavy atom. The fourth-order valence-corrected chi connectivity index (χ4v) is 2.25. The quantitative estimate of drug-likeness (QED) is 0.894. The summed E-state index contributed by atoms with van der Waals surface area (Å²) in [6.07, 6.45) is 1.95. The number of hydrogen-bond acceptors (Lipinski definition) is 3. The van der Waals surface area contributed by atoms with Crippen LogP contribution in [-0.4, -0.2) is 18.6 Å². The molecule has 20 heavy (non-hydrogen) atoms. The monoisotopic (exact) mass is 269 g/mol. The van der Waals surface area contributed by atoms with Crippen LogP contribution in [0.3, 0.4) is 0 Å². The third kappa shape index (κ3) is 3.17. The van der Waals surface area contributed by atoms with Crippen LogP contribution in [0, 0.1) is 6.92 Å². The predicted octanol–water partition coefficient (Wildman–Crippen LogP) is 3.83. The first-order valence-corrected chi connectivity index (χ1v) is 7.13. The summed E-state index contributed by atoms with van der Waals surface area (Å²) >= 11 is 0. The number of aromatic nitrogens is 1. The molecule has 0 saturated carbocycles. The molecule has 0 saturated heterocycles. The van der Waals surface area contributed by atoms with E-state index in [1.54, 1.807) is 0 Å². The molecule has 0 radical (unpaired) electrons. The van der Waals surface area contributed by atoms with E-state index in [0.717, 1.165) is 12.4 Å². The number of hydrogen-bond donors (Lipinski definition) is 1. The molecule has 0 aliphatic carbocycles. The summed E-state index contributed by atoms with van der Waals surface area (Å²) in [6, 6.07) is 13.1. The molecule has 1 atom stereocenters. The van der Waals surface area contributed by atoms with E-state index in [2.05, 4.69) is 72.4 Å². The summed E-state index contributed by atoms with van der Waals surface area (Å²) in [4.78, 5) is 6.83. The maximum atomic E-state index is 4.61. The van der Waals surface area contributed by atoms with Gasteiger partial charge < -0.3 is 10.2 Å². The Bertz CT molecular complexity index is 548. The molecule has 0 aliphatic heterocycles. The van der Waals surface area contributed by atoms with Gasteiger partial charge in [-0.15, -0.1) is 0 Å². The van der Waals surface area contributed by atoms with E-state index in [1.807, 2.05) is 13.2 Å². The first kappa shape index (κ1) is 14.5. The van der Waals surface area contributed by atoms with Crippen LogP contribution < -0.4 is 10.2 Å². The standard InChI is InChI=1S/C17H23N3/c1-5-20(16-8-6-7-13(2)11-16)17-10-9-15(12-19-17)14(3)18-4/h6-12,14,18H,5H2,1-4H3. The molecule has 0 spiro atoms. The van der Waals surface area contributed by atoms with Crippen LogP contribution in [0.2, 0.25) is 0 Å². The van der Waals surface area contributed by atoms with Crippen molar-refractivity contribution in [2.75, 3.05) is 18.5 Å². The van der Waals surface area contributed by atoms with Gasteiger partial charge in [0.1, 0.15) is 5.82 Å². The Hall–Kier alpha value is -1.87. The van der Waals surface area contributed by atoms with Gasteiger partial charge in [-0.05, 0) is 57.1 Å². The largest absolute Gasteiger partial charge is 0.327 e. The van der Waals surface area contributed by atoms with Gasteiger partial charge in [-0.1, -0.05) is 18.2 Å². The van der Waals surface area contributed by atoms with Crippen LogP contribution in [0.5, 0.6) is 0 Å². The van der Waals surface area contributed by atoms with Gasteiger partial charge in [-0.25, -0.2) is 4.98 Å². The van der Waals surface area contributed by atoms with Gasteiger partial charge in [0.25, 0.3) is 0 Å². The van der Waals surface area contributed by atoms with Gasteiger partial charge in [-0.2, -0.15) is 0 Å². The summed E-state index contributed by atoms with van der Waals surface area (Å²) in [5, 5.41) is 3.23. The number of pyridine rings is 1. The second-order valence-electron chi connectivity index (χ2n) is 5.04. The van der Waals surface area contributed by atoms with Crippen LogP contribution in [0.15, 0.2) is 42.6 Å². The van der Waals surface area contributed by atoms with E-state index in [0.29, 0.717) is 6.04 Å². The van der Waals surface area contributed by atoms with E-state index in [9.17, 15) is 0 Å². The van der Waals surface area contributed by atoms with Crippen molar-refractivity contribution < 1.29 is 0 Å². The highest BCUT2D eigenvalue weighted by Crippen LogP contribution is 2.24. The Balaban J connectivity index is 2.28. The van der Waals surface area contributed by atoms with Crippen molar-refractivity contribution in [2.24, 2.45) is 0 Å². The Morgan fingerprint density at radius 2 is 2.05 bits per heavy atom. The zero-order chi connectivity index (χ0) is 14.5. The molecule has 1 aromatic heterocycles. The molecule has 0 amide bonds. The lowest BCUT2D eigenvalue weighted by atomic mass is 10.1. The smallest absolute Gasteiger partial charge is 0.132 e. The molecule has 2 rings (SSSR count). The van der Waals surface area contributed by atoms with Gasteiger partial charge in [-0.3, -0.25) is 0 Å². The highest BCUT2D eigenvalue weighted by molar-refractivity contribution is 5.60. The Kier molecular flexibility index (Phi) is 4.74. The molecule has 0 bridgehead atoms. The number of nitrogens with one attached hydrogen (secondary N) is 1. The van der Waals surface area contributed by atoms with E-state index in [-0.39, 0.29) is 0 Å². The fourth-order valence-electron chi connectivity index (χ4n) is 2.25. The van der Waals surface area contributed by atoms with Crippen LogP contribution in [0.25, 0.3) is 0 Å². The Morgan fingerprint density at radius 3 is 2.60 bits per heavy atom. The third-order valence-corrected chi connectivity index (χ3v) is 3.61. The van der Waals surface area contributed by atoms with Gasteiger partial charge in [0.2, 0.25) is 0 Å². The van der Waals surface area contributed by atoms with Crippen molar-refractivity contribution in [2.45, 2.75) is 26.8 Å². The van der Waals surface area contributed by atoms with Crippen molar-refractivity contribution in [3.05, 3.63) is 53.7 Å². The van der Waals surface area contributed by atoms with Gasteiger partial charge >= 0.3 is 0 Å². The number of nitrogens with zero attached hydrogens (tertiary/aromatic N) is 2. The highest BCUT2D eigenvalue weighted by atomic mass is 15.2. The van der Waals surface area contributed by atoms with E-state index < -0.39 is 0 Å². The van der Waals surface area contributed by atoms with Gasteiger partial charge in [0.15, 0.2) is 0 Å². The molecule has 1 aromatic carbocycles. The lowest BCUT2D eigenvalue weighted by Gasteiger charge is -2.23.